The molecule has 0 aliphatic carbocycles. The Morgan fingerprint density at radius 1 is 1.25 bits per heavy atom. The molecule has 5 heteroatoms. The van der Waals surface area contributed by atoms with Gasteiger partial charge >= 0.3 is 0 Å². The SMILES string of the molecule is COCCN(CCO)c1nc(C)cc(C)n1. The van der Waals surface area contributed by atoms with E-state index in [4.69, 9.17) is 9.84 Å². The van der Waals surface area contributed by atoms with E-state index in [1.807, 2.05) is 24.8 Å². The van der Waals surface area contributed by atoms with Gasteiger partial charge in [-0.2, -0.15) is 0 Å². The van der Waals surface area contributed by atoms with Crippen LogP contribution in [0.1, 0.15) is 11.4 Å². The van der Waals surface area contributed by atoms with E-state index in [9.17, 15) is 0 Å². The number of aliphatic hydroxyl groups excluding tert-OH is 1. The maximum Gasteiger partial charge on any atom is 0.225 e. The number of hydrogen-bond acceptors (Lipinski definition) is 5. The summed E-state index contributed by atoms with van der Waals surface area (Å²) in [7, 11) is 1.65. The second kappa shape index (κ2) is 6.40. The zero-order chi connectivity index (χ0) is 12.0. The molecule has 0 saturated heterocycles. The number of aliphatic hydroxyl groups is 1. The standard InChI is InChI=1S/C11H19N3O2/c1-9-8-10(2)13-11(12-9)14(4-6-15)5-7-16-3/h8,15H,4-7H2,1-3H3. The quantitative estimate of drug-likeness (QED) is 0.765. The zero-order valence-electron chi connectivity index (χ0n) is 10.1. The van der Waals surface area contributed by atoms with E-state index in [2.05, 4.69) is 9.97 Å². The number of aryl methyl sites for hydroxylation is 2. The minimum absolute atomic E-state index is 0.0834. The second-order valence-corrected chi connectivity index (χ2v) is 3.65. The van der Waals surface area contributed by atoms with Crippen molar-refractivity contribution in [2.24, 2.45) is 0 Å². The number of methoxy groups -OCH3 is 1. The van der Waals surface area contributed by atoms with Gasteiger partial charge in [0.2, 0.25) is 5.95 Å². The highest BCUT2D eigenvalue weighted by molar-refractivity contribution is 5.32. The first kappa shape index (κ1) is 12.9. The highest BCUT2D eigenvalue weighted by Crippen LogP contribution is 2.09. The Hall–Kier alpha value is -1.20. The van der Waals surface area contributed by atoms with Crippen molar-refractivity contribution in [2.45, 2.75) is 13.8 Å². The van der Waals surface area contributed by atoms with Gasteiger partial charge in [0, 0.05) is 31.6 Å². The van der Waals surface area contributed by atoms with Gasteiger partial charge in [-0.3, -0.25) is 0 Å². The molecule has 0 fully saturated rings. The predicted molar refractivity (Wildman–Crippen MR) is 62.7 cm³/mol. The highest BCUT2D eigenvalue weighted by Gasteiger charge is 2.09. The smallest absolute Gasteiger partial charge is 0.225 e. The maximum absolute atomic E-state index is 9.00. The molecule has 90 valence electrons. The van der Waals surface area contributed by atoms with E-state index in [1.165, 1.54) is 0 Å². The lowest BCUT2D eigenvalue weighted by Gasteiger charge is -2.21. The normalized spacial score (nSPS) is 10.5. The summed E-state index contributed by atoms with van der Waals surface area (Å²) in [5.74, 6) is 0.656. The molecule has 0 radical (unpaired) electrons. The van der Waals surface area contributed by atoms with Crippen molar-refractivity contribution in [3.8, 4) is 0 Å². The zero-order valence-corrected chi connectivity index (χ0v) is 10.1. The van der Waals surface area contributed by atoms with Crippen LogP contribution in [0.3, 0.4) is 0 Å². The summed E-state index contributed by atoms with van der Waals surface area (Å²) in [6, 6.07) is 1.93. The Labute approximate surface area is 96.1 Å². The fourth-order valence-electron chi connectivity index (χ4n) is 1.48. The number of aromatic nitrogens is 2. The van der Waals surface area contributed by atoms with Crippen molar-refractivity contribution in [3.63, 3.8) is 0 Å². The molecule has 5 nitrogen and oxygen atoms in total. The van der Waals surface area contributed by atoms with Crippen LogP contribution in [-0.4, -0.2) is 48.5 Å². The Morgan fingerprint density at radius 2 is 1.88 bits per heavy atom. The molecule has 0 aromatic carbocycles. The van der Waals surface area contributed by atoms with Crippen molar-refractivity contribution in [2.75, 3.05) is 38.3 Å². The molecule has 1 aromatic rings. The lowest BCUT2D eigenvalue weighted by molar-refractivity contribution is 0.202. The minimum Gasteiger partial charge on any atom is -0.395 e. The van der Waals surface area contributed by atoms with Crippen LogP contribution < -0.4 is 4.90 Å². The van der Waals surface area contributed by atoms with E-state index in [-0.39, 0.29) is 6.61 Å². The van der Waals surface area contributed by atoms with Crippen LogP contribution in [0.25, 0.3) is 0 Å². The van der Waals surface area contributed by atoms with Gasteiger partial charge in [-0.15, -0.1) is 0 Å². The van der Waals surface area contributed by atoms with Gasteiger partial charge in [0.05, 0.1) is 13.2 Å². The van der Waals surface area contributed by atoms with Crippen LogP contribution in [0.5, 0.6) is 0 Å². The third-order valence-corrected chi connectivity index (χ3v) is 2.19. The number of rotatable bonds is 6. The first-order valence-electron chi connectivity index (χ1n) is 5.34. The molecule has 16 heavy (non-hydrogen) atoms. The van der Waals surface area contributed by atoms with Crippen LogP contribution in [0.15, 0.2) is 6.07 Å². The first-order valence-corrected chi connectivity index (χ1v) is 5.34. The highest BCUT2D eigenvalue weighted by atomic mass is 16.5. The van der Waals surface area contributed by atoms with Gasteiger partial charge in [0.15, 0.2) is 0 Å². The van der Waals surface area contributed by atoms with E-state index in [0.717, 1.165) is 11.4 Å². The molecular formula is C11H19N3O2. The summed E-state index contributed by atoms with van der Waals surface area (Å²) in [5, 5.41) is 9.00. The van der Waals surface area contributed by atoms with Crippen LogP contribution >= 0.6 is 0 Å². The number of ether oxygens (including phenoxy) is 1. The third-order valence-electron chi connectivity index (χ3n) is 2.19. The molecule has 1 heterocycles. The fraction of sp³-hybridized carbons (Fsp3) is 0.636. The largest absolute Gasteiger partial charge is 0.395 e. The molecule has 0 atom stereocenters. The number of anilines is 1. The van der Waals surface area contributed by atoms with E-state index in [0.29, 0.717) is 25.6 Å². The first-order chi connectivity index (χ1) is 7.67. The molecule has 0 aliphatic heterocycles. The molecule has 0 saturated carbocycles. The Kier molecular flexibility index (Phi) is 5.14. The van der Waals surface area contributed by atoms with Gasteiger partial charge < -0.3 is 14.7 Å². The van der Waals surface area contributed by atoms with Crippen molar-refractivity contribution >= 4 is 5.95 Å². The third kappa shape index (κ3) is 3.75. The van der Waals surface area contributed by atoms with E-state index >= 15 is 0 Å². The maximum atomic E-state index is 9.00. The summed E-state index contributed by atoms with van der Waals surface area (Å²) >= 11 is 0. The fourth-order valence-corrected chi connectivity index (χ4v) is 1.48. The molecule has 1 aromatic heterocycles. The van der Waals surface area contributed by atoms with Gasteiger partial charge in [0.25, 0.3) is 0 Å². The van der Waals surface area contributed by atoms with Gasteiger partial charge in [-0.1, -0.05) is 0 Å². The summed E-state index contributed by atoms with van der Waals surface area (Å²) in [5.41, 5.74) is 1.87. The average molecular weight is 225 g/mol. The van der Waals surface area contributed by atoms with Crippen molar-refractivity contribution in [1.82, 2.24) is 9.97 Å². The predicted octanol–water partition coefficient (Wildman–Crippen LogP) is 0.539. The van der Waals surface area contributed by atoms with Gasteiger partial charge in [0.1, 0.15) is 0 Å². The summed E-state index contributed by atoms with van der Waals surface area (Å²) in [6.07, 6.45) is 0. The molecule has 0 bridgehead atoms. The van der Waals surface area contributed by atoms with E-state index in [1.54, 1.807) is 7.11 Å². The lowest BCUT2D eigenvalue weighted by Crippen LogP contribution is -2.32. The van der Waals surface area contributed by atoms with Crippen LogP contribution in [0.4, 0.5) is 5.95 Å². The summed E-state index contributed by atoms with van der Waals surface area (Å²) < 4.78 is 5.02. The number of nitrogens with zero attached hydrogens (tertiary/aromatic N) is 3. The molecule has 0 aliphatic rings. The summed E-state index contributed by atoms with van der Waals surface area (Å²) in [4.78, 5) is 10.6. The van der Waals surface area contributed by atoms with Crippen molar-refractivity contribution in [1.29, 1.82) is 0 Å². The molecule has 1 N–H and O–H groups in total. The monoisotopic (exact) mass is 225 g/mol. The summed E-state index contributed by atoms with van der Waals surface area (Å²) in [6.45, 7) is 5.75. The topological polar surface area (TPSA) is 58.5 Å². The molecular weight excluding hydrogens is 206 g/mol. The Balaban J connectivity index is 2.82. The van der Waals surface area contributed by atoms with Crippen LogP contribution in [0.2, 0.25) is 0 Å². The molecule has 0 amide bonds. The van der Waals surface area contributed by atoms with Gasteiger partial charge in [-0.05, 0) is 19.9 Å². The molecule has 0 unspecified atom stereocenters. The van der Waals surface area contributed by atoms with Gasteiger partial charge in [-0.25, -0.2) is 9.97 Å². The van der Waals surface area contributed by atoms with Crippen molar-refractivity contribution in [3.05, 3.63) is 17.5 Å². The Bertz CT molecular complexity index is 311. The lowest BCUT2D eigenvalue weighted by atomic mass is 10.3. The second-order valence-electron chi connectivity index (χ2n) is 3.65. The molecule has 1 rings (SSSR count). The van der Waals surface area contributed by atoms with Crippen LogP contribution in [-0.2, 0) is 4.74 Å². The minimum atomic E-state index is 0.0834. The van der Waals surface area contributed by atoms with Crippen molar-refractivity contribution < 1.29 is 9.84 Å². The average Bonchev–Trinajstić information content (AvgIpc) is 2.22. The van der Waals surface area contributed by atoms with Crippen LogP contribution in [0, 0.1) is 13.8 Å². The number of hydrogen-bond donors (Lipinski definition) is 1. The Morgan fingerprint density at radius 3 is 2.38 bits per heavy atom. The van der Waals surface area contributed by atoms with E-state index < -0.39 is 0 Å². The molecule has 0 spiro atoms.